The van der Waals surface area contributed by atoms with Crippen molar-refractivity contribution >= 4 is 5.97 Å². The summed E-state index contributed by atoms with van der Waals surface area (Å²) in [5, 5.41) is 0. The van der Waals surface area contributed by atoms with Crippen LogP contribution in [0.1, 0.15) is 40.5 Å². The minimum Gasteiger partial charge on any atom is -0.459 e. The Labute approximate surface area is 137 Å². The lowest BCUT2D eigenvalue weighted by atomic mass is 9.46. The molecule has 5 heteroatoms. The lowest BCUT2D eigenvalue weighted by Gasteiger charge is -2.62. The summed E-state index contributed by atoms with van der Waals surface area (Å²) >= 11 is 0. The van der Waals surface area contributed by atoms with E-state index in [1.54, 1.807) is 7.11 Å². The van der Waals surface area contributed by atoms with E-state index in [0.29, 0.717) is 18.3 Å². The molecule has 1 spiro atoms. The van der Waals surface area contributed by atoms with Crippen molar-refractivity contribution in [1.82, 2.24) is 0 Å². The van der Waals surface area contributed by atoms with Crippen LogP contribution in [0.3, 0.4) is 0 Å². The second kappa shape index (κ2) is 3.94. The zero-order chi connectivity index (χ0) is 16.4. The first-order valence-corrected chi connectivity index (χ1v) is 8.81. The van der Waals surface area contributed by atoms with Gasteiger partial charge in [-0.05, 0) is 18.8 Å². The number of rotatable bonds is 2. The van der Waals surface area contributed by atoms with Gasteiger partial charge < -0.3 is 18.9 Å². The predicted molar refractivity (Wildman–Crippen MR) is 80.7 cm³/mol. The number of carbonyl (C=O) groups excluding carboxylic acids is 1. The van der Waals surface area contributed by atoms with Crippen molar-refractivity contribution in [3.05, 3.63) is 0 Å². The van der Waals surface area contributed by atoms with E-state index < -0.39 is 0 Å². The smallest absolute Gasteiger partial charge is 0.303 e. The van der Waals surface area contributed by atoms with Gasteiger partial charge in [-0.25, -0.2) is 0 Å². The summed E-state index contributed by atoms with van der Waals surface area (Å²) in [6, 6.07) is 0. The van der Waals surface area contributed by atoms with Gasteiger partial charge in [-0.2, -0.15) is 0 Å². The minimum atomic E-state index is -0.343. The SMILES string of the molecule is CO[C@H]1[C@@H]2O[C@@]3(C)C[C@H](OC(C)=O)[C@]45O[C@@H]([C@H]2[C@H]4CC5(C)C)[C@@H]13. The van der Waals surface area contributed by atoms with E-state index in [-0.39, 0.29) is 52.9 Å². The zero-order valence-corrected chi connectivity index (χ0v) is 14.5. The monoisotopic (exact) mass is 322 g/mol. The molecule has 128 valence electrons. The summed E-state index contributed by atoms with van der Waals surface area (Å²) in [6.07, 6.45) is 1.99. The Morgan fingerprint density at radius 1 is 1.13 bits per heavy atom. The normalized spacial score (nSPS) is 60.3. The van der Waals surface area contributed by atoms with E-state index in [9.17, 15) is 4.79 Å². The molecule has 0 radical (unpaired) electrons. The van der Waals surface area contributed by atoms with Crippen molar-refractivity contribution in [3.63, 3.8) is 0 Å². The molecule has 5 nitrogen and oxygen atoms in total. The molecule has 2 aliphatic carbocycles. The summed E-state index contributed by atoms with van der Waals surface area (Å²) in [5.74, 6) is 0.796. The van der Waals surface area contributed by atoms with Gasteiger partial charge in [0.2, 0.25) is 0 Å². The van der Waals surface area contributed by atoms with Gasteiger partial charge in [0, 0.05) is 38.2 Å². The van der Waals surface area contributed by atoms with Crippen LogP contribution in [0, 0.1) is 23.2 Å². The second-order valence-corrected chi connectivity index (χ2v) is 9.07. The fourth-order valence-corrected chi connectivity index (χ4v) is 7.07. The van der Waals surface area contributed by atoms with Crippen LogP contribution in [0.25, 0.3) is 0 Å². The highest BCUT2D eigenvalue weighted by molar-refractivity contribution is 5.66. The number of carbonyl (C=O) groups is 1. The molecule has 0 aromatic carbocycles. The van der Waals surface area contributed by atoms with E-state index in [1.807, 2.05) is 0 Å². The Balaban J connectivity index is 1.65. The lowest BCUT2D eigenvalue weighted by Crippen LogP contribution is -2.70. The van der Waals surface area contributed by atoms with Gasteiger partial charge >= 0.3 is 5.97 Å². The van der Waals surface area contributed by atoms with Crippen molar-refractivity contribution in [2.45, 2.75) is 76.2 Å². The van der Waals surface area contributed by atoms with Gasteiger partial charge in [0.05, 0.1) is 23.9 Å². The molecule has 2 saturated carbocycles. The summed E-state index contributed by atoms with van der Waals surface area (Å²) in [4.78, 5) is 11.8. The van der Waals surface area contributed by atoms with Crippen molar-refractivity contribution < 1.29 is 23.7 Å². The topological polar surface area (TPSA) is 54.0 Å². The Morgan fingerprint density at radius 3 is 2.48 bits per heavy atom. The minimum absolute atomic E-state index is 0.0301. The van der Waals surface area contributed by atoms with E-state index >= 15 is 0 Å². The fraction of sp³-hybridized carbons (Fsp3) is 0.944. The lowest BCUT2D eigenvalue weighted by molar-refractivity contribution is -0.264. The Kier molecular flexibility index (Phi) is 2.52. The maximum Gasteiger partial charge on any atom is 0.303 e. The van der Waals surface area contributed by atoms with Crippen LogP contribution in [0.2, 0.25) is 0 Å². The van der Waals surface area contributed by atoms with Crippen LogP contribution in [-0.4, -0.2) is 48.7 Å². The molecule has 0 N–H and O–H groups in total. The summed E-state index contributed by atoms with van der Waals surface area (Å²) in [7, 11) is 1.78. The van der Waals surface area contributed by atoms with E-state index in [4.69, 9.17) is 18.9 Å². The molecule has 0 aromatic rings. The molecule has 0 unspecified atom stereocenters. The highest BCUT2D eigenvalue weighted by Crippen LogP contribution is 2.75. The zero-order valence-electron chi connectivity index (χ0n) is 14.5. The Hall–Kier alpha value is -0.650. The Morgan fingerprint density at radius 2 is 1.87 bits per heavy atom. The third-order valence-electron chi connectivity index (χ3n) is 7.68. The highest BCUT2D eigenvalue weighted by atomic mass is 16.6. The van der Waals surface area contributed by atoms with Gasteiger partial charge in [-0.3, -0.25) is 4.79 Å². The highest BCUT2D eigenvalue weighted by Gasteiger charge is 2.84. The number of fused-ring (bicyclic) bond motifs is 3. The van der Waals surface area contributed by atoms with E-state index in [0.717, 1.165) is 6.42 Å². The van der Waals surface area contributed by atoms with Crippen molar-refractivity contribution in [1.29, 1.82) is 0 Å². The van der Waals surface area contributed by atoms with Gasteiger partial charge in [0.25, 0.3) is 0 Å². The first kappa shape index (κ1) is 14.7. The van der Waals surface area contributed by atoms with Crippen LogP contribution in [0.15, 0.2) is 0 Å². The molecule has 5 fully saturated rings. The number of hydrogen-bond donors (Lipinski definition) is 0. The maximum atomic E-state index is 11.8. The molecular formula is C18H26O5. The van der Waals surface area contributed by atoms with Gasteiger partial charge in [-0.1, -0.05) is 13.8 Å². The van der Waals surface area contributed by atoms with E-state index in [2.05, 4.69) is 20.8 Å². The van der Waals surface area contributed by atoms with Crippen molar-refractivity contribution in [2.24, 2.45) is 23.2 Å². The Bertz CT molecular complexity index is 588. The standard InChI is InChI=1S/C18H26O5/c1-8(19)21-10-7-17(4)12-13-11(14(22-17)15(12)20-5)9-6-16(2,3)18(9,10)23-13/h9-15H,6-7H2,1-5H3/t9-,10+,11-,12+,13+,14-,15-,17+,18-/m1/s1. The second-order valence-electron chi connectivity index (χ2n) is 9.07. The van der Waals surface area contributed by atoms with Crippen molar-refractivity contribution in [2.75, 3.05) is 7.11 Å². The van der Waals surface area contributed by atoms with Gasteiger partial charge in [0.15, 0.2) is 0 Å². The summed E-state index contributed by atoms with van der Waals surface area (Å²) in [6.45, 7) is 8.15. The predicted octanol–water partition coefficient (Wildman–Crippen LogP) is 1.92. The number of hydrogen-bond acceptors (Lipinski definition) is 5. The van der Waals surface area contributed by atoms with Gasteiger partial charge in [0.1, 0.15) is 11.7 Å². The molecule has 23 heavy (non-hydrogen) atoms. The number of ether oxygens (including phenoxy) is 4. The molecule has 9 atom stereocenters. The number of methoxy groups -OCH3 is 1. The molecule has 3 saturated heterocycles. The fourth-order valence-electron chi connectivity index (χ4n) is 7.07. The average molecular weight is 322 g/mol. The molecule has 0 amide bonds. The summed E-state index contributed by atoms with van der Waals surface area (Å²) in [5.41, 5.74) is -0.639. The molecule has 3 heterocycles. The molecule has 4 bridgehead atoms. The molecule has 5 rings (SSSR count). The molecule has 5 aliphatic rings. The maximum absolute atomic E-state index is 11.8. The van der Waals surface area contributed by atoms with Crippen LogP contribution in [0.5, 0.6) is 0 Å². The third kappa shape index (κ3) is 1.37. The summed E-state index contributed by atoms with van der Waals surface area (Å²) < 4.78 is 24.9. The first-order chi connectivity index (χ1) is 10.7. The molecular weight excluding hydrogens is 296 g/mol. The van der Waals surface area contributed by atoms with Crippen LogP contribution >= 0.6 is 0 Å². The van der Waals surface area contributed by atoms with E-state index in [1.165, 1.54) is 6.92 Å². The van der Waals surface area contributed by atoms with Crippen LogP contribution in [-0.2, 0) is 23.7 Å². The van der Waals surface area contributed by atoms with Crippen molar-refractivity contribution in [3.8, 4) is 0 Å². The number of esters is 1. The largest absolute Gasteiger partial charge is 0.459 e. The molecule has 3 aliphatic heterocycles. The van der Waals surface area contributed by atoms with Gasteiger partial charge in [-0.15, -0.1) is 0 Å². The average Bonchev–Trinajstić information content (AvgIpc) is 2.97. The quantitative estimate of drug-likeness (QED) is 0.727. The van der Waals surface area contributed by atoms with Crippen LogP contribution in [0.4, 0.5) is 0 Å². The first-order valence-electron chi connectivity index (χ1n) is 8.81. The third-order valence-corrected chi connectivity index (χ3v) is 7.68. The van der Waals surface area contributed by atoms with Crippen LogP contribution < -0.4 is 0 Å². The molecule has 0 aromatic heterocycles.